The van der Waals surface area contributed by atoms with Gasteiger partial charge in [0.2, 0.25) is 5.91 Å². The molecule has 0 spiro atoms. The average molecular weight is 241 g/mol. The van der Waals surface area contributed by atoms with Gasteiger partial charge in [0.25, 0.3) is 0 Å². The molecule has 0 aliphatic heterocycles. The molecule has 1 aliphatic rings. The minimum Gasteiger partial charge on any atom is -0.352 e. The smallest absolute Gasteiger partial charge is 0.237 e. The number of carbonyl (C=O) groups excluding carboxylic acids is 1. The first-order valence-corrected chi connectivity index (χ1v) is 6.49. The van der Waals surface area contributed by atoms with E-state index in [-0.39, 0.29) is 17.4 Å². The Morgan fingerprint density at radius 2 is 2.00 bits per heavy atom. The van der Waals surface area contributed by atoms with Crippen LogP contribution in [-0.4, -0.2) is 50.1 Å². The number of rotatable bonds is 7. The SMILES string of the molecule is CC(NCC(C)(C)CN(C)C)C(=O)NC1CC1. The van der Waals surface area contributed by atoms with Crippen molar-refractivity contribution in [3.05, 3.63) is 0 Å². The van der Waals surface area contributed by atoms with Gasteiger partial charge in [-0.05, 0) is 39.3 Å². The fraction of sp³-hybridized carbons (Fsp3) is 0.923. The summed E-state index contributed by atoms with van der Waals surface area (Å²) in [5.74, 6) is 0.133. The molecule has 1 rings (SSSR count). The van der Waals surface area contributed by atoms with Crippen molar-refractivity contribution in [3.8, 4) is 0 Å². The van der Waals surface area contributed by atoms with Gasteiger partial charge in [0.15, 0.2) is 0 Å². The van der Waals surface area contributed by atoms with Crippen LogP contribution < -0.4 is 10.6 Å². The third-order valence-corrected chi connectivity index (χ3v) is 2.95. The largest absolute Gasteiger partial charge is 0.352 e. The van der Waals surface area contributed by atoms with Crippen molar-refractivity contribution in [2.24, 2.45) is 5.41 Å². The number of carbonyl (C=O) groups is 1. The summed E-state index contributed by atoms with van der Waals surface area (Å²) in [6, 6.07) is 0.346. The van der Waals surface area contributed by atoms with Crippen molar-refractivity contribution >= 4 is 5.91 Å². The highest BCUT2D eigenvalue weighted by Crippen LogP contribution is 2.19. The van der Waals surface area contributed by atoms with Crippen LogP contribution in [0.3, 0.4) is 0 Å². The maximum Gasteiger partial charge on any atom is 0.237 e. The van der Waals surface area contributed by atoms with E-state index in [1.165, 1.54) is 0 Å². The summed E-state index contributed by atoms with van der Waals surface area (Å²) in [5, 5.41) is 6.34. The van der Waals surface area contributed by atoms with Crippen LogP contribution in [0.25, 0.3) is 0 Å². The molecule has 1 saturated carbocycles. The lowest BCUT2D eigenvalue weighted by Gasteiger charge is -2.29. The van der Waals surface area contributed by atoms with E-state index >= 15 is 0 Å². The summed E-state index contributed by atoms with van der Waals surface area (Å²) in [5.41, 5.74) is 0.178. The van der Waals surface area contributed by atoms with Gasteiger partial charge in [-0.2, -0.15) is 0 Å². The monoisotopic (exact) mass is 241 g/mol. The Morgan fingerprint density at radius 1 is 1.41 bits per heavy atom. The molecule has 1 amide bonds. The zero-order valence-electron chi connectivity index (χ0n) is 11.8. The molecule has 1 atom stereocenters. The predicted molar refractivity (Wildman–Crippen MR) is 71.0 cm³/mol. The standard InChI is InChI=1S/C13H27N3O/c1-10(12(17)15-11-6-7-11)14-8-13(2,3)9-16(4)5/h10-11,14H,6-9H2,1-5H3,(H,15,17). The lowest BCUT2D eigenvalue weighted by Crippen LogP contribution is -2.47. The molecular weight excluding hydrogens is 214 g/mol. The van der Waals surface area contributed by atoms with Crippen molar-refractivity contribution in [1.29, 1.82) is 0 Å². The van der Waals surface area contributed by atoms with Gasteiger partial charge in [-0.1, -0.05) is 13.8 Å². The number of hydrogen-bond donors (Lipinski definition) is 2. The Balaban J connectivity index is 2.25. The number of nitrogens with one attached hydrogen (secondary N) is 2. The Bertz CT molecular complexity index is 259. The van der Waals surface area contributed by atoms with Crippen molar-refractivity contribution in [2.45, 2.75) is 45.7 Å². The number of amides is 1. The van der Waals surface area contributed by atoms with Crippen LogP contribution in [0.2, 0.25) is 0 Å². The van der Waals surface area contributed by atoms with Gasteiger partial charge < -0.3 is 15.5 Å². The zero-order valence-corrected chi connectivity index (χ0v) is 11.8. The van der Waals surface area contributed by atoms with Gasteiger partial charge in [0.05, 0.1) is 6.04 Å². The minimum absolute atomic E-state index is 0.1000. The molecule has 17 heavy (non-hydrogen) atoms. The molecule has 100 valence electrons. The Labute approximate surface area is 105 Å². The topological polar surface area (TPSA) is 44.4 Å². The quantitative estimate of drug-likeness (QED) is 0.694. The summed E-state index contributed by atoms with van der Waals surface area (Å²) < 4.78 is 0. The van der Waals surface area contributed by atoms with Gasteiger partial charge in [0, 0.05) is 19.1 Å². The molecule has 4 heteroatoms. The number of hydrogen-bond acceptors (Lipinski definition) is 3. The first-order chi connectivity index (χ1) is 7.80. The molecule has 0 aromatic heterocycles. The summed E-state index contributed by atoms with van der Waals surface area (Å²) in [4.78, 5) is 13.9. The molecule has 0 saturated heterocycles. The molecule has 1 aliphatic carbocycles. The normalized spacial score (nSPS) is 18.2. The van der Waals surface area contributed by atoms with E-state index in [1.807, 2.05) is 6.92 Å². The third kappa shape index (κ3) is 6.03. The first kappa shape index (κ1) is 14.5. The first-order valence-electron chi connectivity index (χ1n) is 6.49. The second kappa shape index (κ2) is 5.83. The van der Waals surface area contributed by atoms with E-state index in [2.05, 4.69) is 43.5 Å². The Hall–Kier alpha value is -0.610. The molecular formula is C13H27N3O. The summed E-state index contributed by atoms with van der Waals surface area (Å²) in [7, 11) is 4.15. The van der Waals surface area contributed by atoms with Crippen LogP contribution in [0.1, 0.15) is 33.6 Å². The lowest BCUT2D eigenvalue weighted by atomic mass is 9.92. The molecule has 1 fully saturated rings. The second-order valence-electron chi connectivity index (χ2n) is 6.29. The predicted octanol–water partition coefficient (Wildman–Crippen LogP) is 0.831. The molecule has 0 bridgehead atoms. The van der Waals surface area contributed by atoms with Gasteiger partial charge in [-0.15, -0.1) is 0 Å². The van der Waals surface area contributed by atoms with Crippen molar-refractivity contribution in [2.75, 3.05) is 27.2 Å². The van der Waals surface area contributed by atoms with Crippen LogP contribution in [0, 0.1) is 5.41 Å². The van der Waals surface area contributed by atoms with Gasteiger partial charge in [-0.25, -0.2) is 0 Å². The van der Waals surface area contributed by atoms with Gasteiger partial charge in [0.1, 0.15) is 0 Å². The van der Waals surface area contributed by atoms with Crippen LogP contribution in [0.4, 0.5) is 0 Å². The fourth-order valence-electron chi connectivity index (χ4n) is 1.99. The van der Waals surface area contributed by atoms with Crippen LogP contribution in [-0.2, 0) is 4.79 Å². The zero-order chi connectivity index (χ0) is 13.1. The Kier molecular flexibility index (Phi) is 4.95. The number of nitrogens with zero attached hydrogens (tertiary/aromatic N) is 1. The molecule has 0 radical (unpaired) electrons. The van der Waals surface area contributed by atoms with E-state index < -0.39 is 0 Å². The molecule has 0 aromatic carbocycles. The highest BCUT2D eigenvalue weighted by atomic mass is 16.2. The van der Waals surface area contributed by atoms with Crippen molar-refractivity contribution in [3.63, 3.8) is 0 Å². The fourth-order valence-corrected chi connectivity index (χ4v) is 1.99. The van der Waals surface area contributed by atoms with E-state index in [0.29, 0.717) is 6.04 Å². The van der Waals surface area contributed by atoms with E-state index in [1.54, 1.807) is 0 Å². The highest BCUT2D eigenvalue weighted by Gasteiger charge is 2.26. The van der Waals surface area contributed by atoms with Crippen molar-refractivity contribution < 1.29 is 4.79 Å². The summed E-state index contributed by atoms with van der Waals surface area (Å²) >= 11 is 0. The lowest BCUT2D eigenvalue weighted by molar-refractivity contribution is -0.123. The van der Waals surface area contributed by atoms with Gasteiger partial charge >= 0.3 is 0 Å². The maximum atomic E-state index is 11.7. The maximum absolute atomic E-state index is 11.7. The molecule has 4 nitrogen and oxygen atoms in total. The molecule has 1 unspecified atom stereocenters. The molecule has 2 N–H and O–H groups in total. The minimum atomic E-state index is -0.1000. The second-order valence-corrected chi connectivity index (χ2v) is 6.29. The molecule has 0 aromatic rings. The van der Waals surface area contributed by atoms with E-state index in [9.17, 15) is 4.79 Å². The Morgan fingerprint density at radius 3 is 2.47 bits per heavy atom. The molecule has 0 heterocycles. The average Bonchev–Trinajstić information content (AvgIpc) is 2.96. The third-order valence-electron chi connectivity index (χ3n) is 2.95. The summed E-state index contributed by atoms with van der Waals surface area (Å²) in [6.45, 7) is 8.22. The van der Waals surface area contributed by atoms with Crippen LogP contribution in [0.5, 0.6) is 0 Å². The van der Waals surface area contributed by atoms with Gasteiger partial charge in [-0.3, -0.25) is 4.79 Å². The summed E-state index contributed by atoms with van der Waals surface area (Å²) in [6.07, 6.45) is 2.29. The van der Waals surface area contributed by atoms with E-state index in [0.717, 1.165) is 25.9 Å². The van der Waals surface area contributed by atoms with E-state index in [4.69, 9.17) is 0 Å². The highest BCUT2D eigenvalue weighted by molar-refractivity contribution is 5.81. The van der Waals surface area contributed by atoms with Crippen molar-refractivity contribution in [1.82, 2.24) is 15.5 Å². The van der Waals surface area contributed by atoms with Crippen LogP contribution in [0.15, 0.2) is 0 Å². The van der Waals surface area contributed by atoms with Crippen LogP contribution >= 0.6 is 0 Å².